The minimum Gasteiger partial charge on any atom is -0.495 e. The highest BCUT2D eigenvalue weighted by molar-refractivity contribution is 6.31. The zero-order valence-electron chi connectivity index (χ0n) is 15.5. The summed E-state index contributed by atoms with van der Waals surface area (Å²) in [6, 6.07) is 15.4. The third-order valence-electron chi connectivity index (χ3n) is 4.46. The molecule has 0 saturated heterocycles. The largest absolute Gasteiger partial charge is 0.495 e. The van der Waals surface area contributed by atoms with Gasteiger partial charge in [-0.15, -0.1) is 5.10 Å². The minimum absolute atomic E-state index is 0.357. The molecule has 0 radical (unpaired) electrons. The Hall–Kier alpha value is -3.32. The second-order valence-corrected chi connectivity index (χ2v) is 6.78. The fourth-order valence-electron chi connectivity index (χ4n) is 3.04. The van der Waals surface area contributed by atoms with Gasteiger partial charge in [-0.2, -0.15) is 9.50 Å². The van der Waals surface area contributed by atoms with Crippen LogP contribution in [0.2, 0.25) is 5.02 Å². The van der Waals surface area contributed by atoms with Gasteiger partial charge in [0.15, 0.2) is 0 Å². The van der Waals surface area contributed by atoms with Crippen molar-refractivity contribution in [2.75, 3.05) is 18.2 Å². The number of aryl methyl sites for hydroxylation is 1. The number of rotatable bonds is 5. The zero-order chi connectivity index (χ0) is 19.7. The first-order valence-electron chi connectivity index (χ1n) is 8.71. The number of halogens is 1. The van der Waals surface area contributed by atoms with E-state index in [0.717, 1.165) is 16.8 Å². The van der Waals surface area contributed by atoms with Gasteiger partial charge >= 0.3 is 0 Å². The highest BCUT2D eigenvalue weighted by Crippen LogP contribution is 2.30. The number of aromatic nitrogens is 4. The van der Waals surface area contributed by atoms with Crippen LogP contribution in [0.4, 0.5) is 17.5 Å². The van der Waals surface area contributed by atoms with Gasteiger partial charge in [0.2, 0.25) is 5.95 Å². The number of hydrogen-bond acceptors (Lipinski definition) is 6. The predicted octanol–water partition coefficient (Wildman–Crippen LogP) is 4.01. The first kappa shape index (κ1) is 18.1. The number of fused-ring (bicyclic) bond motifs is 1. The van der Waals surface area contributed by atoms with E-state index in [1.807, 2.05) is 25.1 Å². The molecule has 0 saturated carbocycles. The van der Waals surface area contributed by atoms with E-state index in [4.69, 9.17) is 22.1 Å². The van der Waals surface area contributed by atoms with E-state index in [9.17, 15) is 0 Å². The lowest BCUT2D eigenvalue weighted by Crippen LogP contribution is -2.09. The Morgan fingerprint density at radius 3 is 2.68 bits per heavy atom. The van der Waals surface area contributed by atoms with Crippen molar-refractivity contribution in [1.82, 2.24) is 19.6 Å². The summed E-state index contributed by atoms with van der Waals surface area (Å²) in [4.78, 5) is 9.00. The van der Waals surface area contributed by atoms with Crippen molar-refractivity contribution < 1.29 is 4.74 Å². The summed E-state index contributed by atoms with van der Waals surface area (Å²) in [7, 11) is 1.59. The summed E-state index contributed by atoms with van der Waals surface area (Å²) >= 11 is 6.09. The molecule has 2 aromatic heterocycles. The van der Waals surface area contributed by atoms with Gasteiger partial charge in [-0.05, 0) is 30.7 Å². The Bertz CT molecular complexity index is 1140. The van der Waals surface area contributed by atoms with Crippen LogP contribution >= 0.6 is 11.6 Å². The molecule has 0 spiro atoms. The van der Waals surface area contributed by atoms with Crippen molar-refractivity contribution >= 4 is 34.8 Å². The maximum atomic E-state index is 6.40. The molecule has 0 aliphatic rings. The third-order valence-corrected chi connectivity index (χ3v) is 4.70. The van der Waals surface area contributed by atoms with Crippen molar-refractivity contribution in [2.24, 2.45) is 0 Å². The average molecular weight is 395 g/mol. The van der Waals surface area contributed by atoms with Crippen LogP contribution in [0, 0.1) is 6.92 Å². The first-order chi connectivity index (χ1) is 13.5. The fraction of sp³-hybridized carbons (Fsp3) is 0.150. The molecule has 0 fully saturated rings. The fourth-order valence-corrected chi connectivity index (χ4v) is 3.21. The van der Waals surface area contributed by atoms with Crippen LogP contribution in [-0.2, 0) is 6.42 Å². The van der Waals surface area contributed by atoms with Crippen molar-refractivity contribution in [3.63, 3.8) is 0 Å². The van der Waals surface area contributed by atoms with Crippen molar-refractivity contribution in [3.05, 3.63) is 70.4 Å². The molecule has 7 nitrogen and oxygen atoms in total. The van der Waals surface area contributed by atoms with Crippen LogP contribution < -0.4 is 15.8 Å². The molecule has 4 rings (SSSR count). The van der Waals surface area contributed by atoms with Gasteiger partial charge in [0.1, 0.15) is 11.6 Å². The average Bonchev–Trinajstić information content (AvgIpc) is 3.08. The molecule has 0 bridgehead atoms. The standard InChI is InChI=1S/C20H19ClN6O/c1-12-15(10-13-6-4-3-5-7-13)18(22)27-20(23-12)25-19(26-27)24-16-11-14(21)8-9-17(16)28-2/h3-9,11H,10,22H2,1-2H3,(H,24,26). The van der Waals surface area contributed by atoms with Crippen LogP contribution in [0.1, 0.15) is 16.8 Å². The highest BCUT2D eigenvalue weighted by Gasteiger charge is 2.15. The van der Waals surface area contributed by atoms with Gasteiger partial charge < -0.3 is 15.8 Å². The molecular formula is C20H19ClN6O. The van der Waals surface area contributed by atoms with E-state index < -0.39 is 0 Å². The molecule has 2 heterocycles. The normalized spacial score (nSPS) is 11.0. The van der Waals surface area contributed by atoms with Gasteiger partial charge in [-0.25, -0.2) is 4.98 Å². The van der Waals surface area contributed by atoms with Crippen LogP contribution in [0.3, 0.4) is 0 Å². The van der Waals surface area contributed by atoms with Crippen molar-refractivity contribution in [1.29, 1.82) is 0 Å². The molecule has 0 amide bonds. The number of anilines is 3. The predicted molar refractivity (Wildman–Crippen MR) is 110 cm³/mol. The second-order valence-electron chi connectivity index (χ2n) is 6.34. The lowest BCUT2D eigenvalue weighted by Gasteiger charge is -2.10. The van der Waals surface area contributed by atoms with Gasteiger partial charge in [0.05, 0.1) is 12.8 Å². The number of hydrogen-bond donors (Lipinski definition) is 2. The Balaban J connectivity index is 1.72. The number of benzene rings is 2. The lowest BCUT2D eigenvalue weighted by atomic mass is 10.0. The first-order valence-corrected chi connectivity index (χ1v) is 9.09. The lowest BCUT2D eigenvalue weighted by molar-refractivity contribution is 0.417. The zero-order valence-corrected chi connectivity index (χ0v) is 16.2. The highest BCUT2D eigenvalue weighted by atomic mass is 35.5. The number of nitrogen functional groups attached to an aromatic ring is 1. The van der Waals surface area contributed by atoms with E-state index in [1.165, 1.54) is 0 Å². The Labute approximate surface area is 167 Å². The molecule has 142 valence electrons. The molecule has 28 heavy (non-hydrogen) atoms. The second kappa shape index (κ2) is 7.36. The monoisotopic (exact) mass is 394 g/mol. The number of nitrogens with one attached hydrogen (secondary N) is 1. The Morgan fingerprint density at radius 1 is 1.14 bits per heavy atom. The Kier molecular flexibility index (Phi) is 4.75. The van der Waals surface area contributed by atoms with Crippen molar-refractivity contribution in [3.8, 4) is 5.75 Å². The number of methoxy groups -OCH3 is 1. The van der Waals surface area contributed by atoms with E-state index >= 15 is 0 Å². The van der Waals surface area contributed by atoms with Gasteiger partial charge in [0.25, 0.3) is 5.78 Å². The molecule has 8 heteroatoms. The topological polar surface area (TPSA) is 90.4 Å². The third kappa shape index (κ3) is 3.44. The van der Waals surface area contributed by atoms with Gasteiger partial charge in [-0.1, -0.05) is 41.9 Å². The molecule has 0 aliphatic heterocycles. The molecule has 0 aliphatic carbocycles. The summed E-state index contributed by atoms with van der Waals surface area (Å²) in [6.07, 6.45) is 0.673. The Morgan fingerprint density at radius 2 is 1.93 bits per heavy atom. The summed E-state index contributed by atoms with van der Waals surface area (Å²) in [5.74, 6) is 1.93. The number of nitrogens with two attached hydrogens (primary N) is 1. The molecule has 0 unspecified atom stereocenters. The molecule has 4 aromatic rings. The maximum absolute atomic E-state index is 6.40. The summed E-state index contributed by atoms with van der Waals surface area (Å²) < 4.78 is 6.90. The van der Waals surface area contributed by atoms with E-state index in [0.29, 0.717) is 40.4 Å². The van der Waals surface area contributed by atoms with Gasteiger partial charge in [-0.3, -0.25) is 0 Å². The van der Waals surface area contributed by atoms with Crippen molar-refractivity contribution in [2.45, 2.75) is 13.3 Å². The summed E-state index contributed by atoms with van der Waals surface area (Å²) in [6.45, 7) is 1.93. The summed E-state index contributed by atoms with van der Waals surface area (Å²) in [5, 5.41) is 8.16. The maximum Gasteiger partial charge on any atom is 0.256 e. The molecule has 2 aromatic carbocycles. The number of nitrogens with zero attached hydrogens (tertiary/aromatic N) is 4. The molecular weight excluding hydrogens is 376 g/mol. The van der Waals surface area contributed by atoms with Crippen LogP contribution in [-0.4, -0.2) is 26.7 Å². The quantitative estimate of drug-likeness (QED) is 0.531. The van der Waals surface area contributed by atoms with Gasteiger partial charge in [0, 0.05) is 22.7 Å². The van der Waals surface area contributed by atoms with Crippen LogP contribution in [0.5, 0.6) is 5.75 Å². The van der Waals surface area contributed by atoms with Crippen LogP contribution in [0.15, 0.2) is 48.5 Å². The summed E-state index contributed by atoms with van der Waals surface area (Å²) in [5.41, 5.74) is 9.97. The smallest absolute Gasteiger partial charge is 0.256 e. The van der Waals surface area contributed by atoms with E-state index in [-0.39, 0.29) is 0 Å². The number of ether oxygens (including phenoxy) is 1. The minimum atomic E-state index is 0.357. The van der Waals surface area contributed by atoms with E-state index in [2.05, 4.69) is 32.5 Å². The van der Waals surface area contributed by atoms with Crippen LogP contribution in [0.25, 0.3) is 5.78 Å². The SMILES string of the molecule is COc1ccc(Cl)cc1Nc1nc2nc(C)c(Cc3ccccc3)c(N)n2n1. The molecule has 3 N–H and O–H groups in total. The van der Waals surface area contributed by atoms with E-state index in [1.54, 1.807) is 29.8 Å². The molecule has 0 atom stereocenters.